The molecule has 5 nitrogen and oxygen atoms in total. The Morgan fingerprint density at radius 3 is 2.64 bits per heavy atom. The first kappa shape index (κ1) is 9.18. The molecule has 1 fully saturated rings. The monoisotopic (exact) mass is 195 g/mol. The van der Waals surface area contributed by atoms with E-state index in [1.54, 1.807) is 17.9 Å². The van der Waals surface area contributed by atoms with Gasteiger partial charge in [-0.2, -0.15) is 0 Å². The van der Waals surface area contributed by atoms with E-state index in [0.29, 0.717) is 0 Å². The lowest BCUT2D eigenvalue weighted by Crippen LogP contribution is -2.03. The quantitative estimate of drug-likeness (QED) is 0.751. The summed E-state index contributed by atoms with van der Waals surface area (Å²) in [4.78, 5) is 10.9. The third-order valence-corrected chi connectivity index (χ3v) is 3.03. The number of rotatable bonds is 2. The van der Waals surface area contributed by atoms with Gasteiger partial charge in [-0.1, -0.05) is 19.1 Å². The largest absolute Gasteiger partial charge is 0.481 e. The molecule has 1 saturated carbocycles. The molecule has 0 spiro atoms. The summed E-state index contributed by atoms with van der Waals surface area (Å²) < 4.78 is 1.60. The van der Waals surface area contributed by atoms with Crippen molar-refractivity contribution in [3.05, 3.63) is 11.9 Å². The van der Waals surface area contributed by atoms with E-state index in [0.717, 1.165) is 5.69 Å². The second kappa shape index (κ2) is 2.56. The molecular formula is C9H13N3O2. The van der Waals surface area contributed by atoms with Crippen LogP contribution in [-0.2, 0) is 11.8 Å². The van der Waals surface area contributed by atoms with Crippen molar-refractivity contribution in [2.75, 3.05) is 0 Å². The molecule has 2 atom stereocenters. The summed E-state index contributed by atoms with van der Waals surface area (Å²) in [5.41, 5.74) is 0.590. The number of nitrogens with zero attached hydrogens (tertiary/aromatic N) is 3. The van der Waals surface area contributed by atoms with Crippen molar-refractivity contribution in [1.29, 1.82) is 0 Å². The lowest BCUT2D eigenvalue weighted by molar-refractivity contribution is -0.139. The molecule has 0 bridgehead atoms. The summed E-state index contributed by atoms with van der Waals surface area (Å²) in [5, 5.41) is 16.7. The van der Waals surface area contributed by atoms with Crippen molar-refractivity contribution < 1.29 is 9.90 Å². The molecule has 0 amide bonds. The molecule has 0 aliphatic heterocycles. The Bertz CT molecular complexity index is 383. The zero-order chi connectivity index (χ0) is 10.5. The van der Waals surface area contributed by atoms with Gasteiger partial charge in [-0.25, -0.2) is 0 Å². The van der Waals surface area contributed by atoms with Gasteiger partial charge in [0.15, 0.2) is 0 Å². The summed E-state index contributed by atoms with van der Waals surface area (Å²) in [6.07, 6.45) is 1.79. The number of aryl methyl sites for hydroxylation is 1. The van der Waals surface area contributed by atoms with Gasteiger partial charge in [0.2, 0.25) is 0 Å². The summed E-state index contributed by atoms with van der Waals surface area (Å²) in [6, 6.07) is 0. The van der Waals surface area contributed by atoms with Crippen LogP contribution in [0.4, 0.5) is 0 Å². The normalized spacial score (nSPS) is 28.8. The van der Waals surface area contributed by atoms with Crippen LogP contribution in [0.2, 0.25) is 0 Å². The predicted molar refractivity (Wildman–Crippen MR) is 48.7 cm³/mol. The Hall–Kier alpha value is -1.39. The first-order valence-electron chi connectivity index (χ1n) is 4.53. The Kier molecular flexibility index (Phi) is 1.68. The topological polar surface area (TPSA) is 68.0 Å². The Labute approximate surface area is 81.7 Å². The maximum atomic E-state index is 10.9. The van der Waals surface area contributed by atoms with Crippen LogP contribution in [0.3, 0.4) is 0 Å². The summed E-state index contributed by atoms with van der Waals surface area (Å²) in [7, 11) is 1.78. The number of carboxylic acid groups (broad SMARTS) is 1. The molecule has 0 radical (unpaired) electrons. The lowest BCUT2D eigenvalue weighted by Gasteiger charge is -1.96. The van der Waals surface area contributed by atoms with Crippen LogP contribution in [0.1, 0.15) is 25.5 Å². The molecule has 1 N–H and O–H groups in total. The van der Waals surface area contributed by atoms with Gasteiger partial charge < -0.3 is 5.11 Å². The summed E-state index contributed by atoms with van der Waals surface area (Å²) in [5.74, 6) is -1.06. The third kappa shape index (κ3) is 1.12. The van der Waals surface area contributed by atoms with E-state index >= 15 is 0 Å². The molecular weight excluding hydrogens is 182 g/mol. The zero-order valence-corrected chi connectivity index (χ0v) is 8.43. The summed E-state index contributed by atoms with van der Waals surface area (Å²) in [6.45, 7) is 3.90. The highest BCUT2D eigenvalue weighted by Crippen LogP contribution is 2.63. The number of aromatic nitrogens is 3. The minimum Gasteiger partial charge on any atom is -0.481 e. The van der Waals surface area contributed by atoms with Gasteiger partial charge in [-0.3, -0.25) is 9.48 Å². The van der Waals surface area contributed by atoms with Crippen molar-refractivity contribution >= 4 is 5.97 Å². The smallest absolute Gasteiger partial charge is 0.307 e. The molecule has 76 valence electrons. The highest BCUT2D eigenvalue weighted by atomic mass is 16.4. The molecule has 1 heterocycles. The molecule has 1 aliphatic rings. The van der Waals surface area contributed by atoms with E-state index in [-0.39, 0.29) is 17.3 Å². The van der Waals surface area contributed by atoms with Gasteiger partial charge in [-0.15, -0.1) is 5.10 Å². The van der Waals surface area contributed by atoms with E-state index in [2.05, 4.69) is 10.3 Å². The molecule has 5 heteroatoms. The van der Waals surface area contributed by atoms with Crippen LogP contribution in [0, 0.1) is 11.3 Å². The van der Waals surface area contributed by atoms with Crippen LogP contribution in [0.15, 0.2) is 6.20 Å². The van der Waals surface area contributed by atoms with Gasteiger partial charge in [0.1, 0.15) is 0 Å². The number of aliphatic carboxylic acids is 1. The number of hydrogen-bond donors (Lipinski definition) is 1. The van der Waals surface area contributed by atoms with Crippen LogP contribution in [0.25, 0.3) is 0 Å². The molecule has 1 aromatic heterocycles. The standard InChI is InChI=1S/C9H13N3O2/c1-9(2)6(7(9)8(13)14)5-4-12(3)11-10-5/h4,6-7H,1-3H3,(H,13,14)/t6-,7+/m0/s1. The average molecular weight is 195 g/mol. The van der Waals surface area contributed by atoms with E-state index in [1.807, 2.05) is 13.8 Å². The maximum absolute atomic E-state index is 10.9. The second-order valence-corrected chi connectivity index (χ2v) is 4.43. The number of carboxylic acids is 1. The molecule has 0 unspecified atom stereocenters. The highest BCUT2D eigenvalue weighted by Gasteiger charge is 2.63. The minimum atomic E-state index is -0.745. The van der Waals surface area contributed by atoms with Gasteiger partial charge in [0.25, 0.3) is 0 Å². The van der Waals surface area contributed by atoms with Crippen LogP contribution < -0.4 is 0 Å². The Morgan fingerprint density at radius 2 is 2.29 bits per heavy atom. The van der Waals surface area contributed by atoms with E-state index in [1.165, 1.54) is 0 Å². The fourth-order valence-electron chi connectivity index (χ4n) is 2.16. The third-order valence-electron chi connectivity index (χ3n) is 3.03. The molecule has 1 aromatic rings. The number of carbonyl (C=O) groups is 1. The predicted octanol–water partition coefficient (Wildman–Crippen LogP) is 0.639. The second-order valence-electron chi connectivity index (χ2n) is 4.43. The number of hydrogen-bond acceptors (Lipinski definition) is 3. The van der Waals surface area contributed by atoms with E-state index in [9.17, 15) is 4.79 Å². The Balaban J connectivity index is 2.27. The van der Waals surface area contributed by atoms with Gasteiger partial charge in [-0.05, 0) is 5.41 Å². The fourth-order valence-corrected chi connectivity index (χ4v) is 2.16. The van der Waals surface area contributed by atoms with Crippen molar-refractivity contribution in [3.63, 3.8) is 0 Å². The van der Waals surface area contributed by atoms with Gasteiger partial charge >= 0.3 is 5.97 Å². The molecule has 0 saturated heterocycles. The van der Waals surface area contributed by atoms with E-state index in [4.69, 9.17) is 5.11 Å². The van der Waals surface area contributed by atoms with Crippen molar-refractivity contribution in [2.45, 2.75) is 19.8 Å². The average Bonchev–Trinajstić information content (AvgIpc) is 2.42. The van der Waals surface area contributed by atoms with Crippen molar-refractivity contribution in [3.8, 4) is 0 Å². The molecule has 2 rings (SSSR count). The Morgan fingerprint density at radius 1 is 1.64 bits per heavy atom. The molecule has 1 aliphatic carbocycles. The lowest BCUT2D eigenvalue weighted by atomic mass is 10.1. The van der Waals surface area contributed by atoms with Crippen LogP contribution in [-0.4, -0.2) is 26.1 Å². The molecule has 0 aromatic carbocycles. The SMILES string of the molecule is Cn1cc([C@H]2[C@H](C(=O)O)C2(C)C)nn1. The van der Waals surface area contributed by atoms with Crippen molar-refractivity contribution in [1.82, 2.24) is 15.0 Å². The maximum Gasteiger partial charge on any atom is 0.307 e. The van der Waals surface area contributed by atoms with E-state index < -0.39 is 5.97 Å². The van der Waals surface area contributed by atoms with Crippen LogP contribution >= 0.6 is 0 Å². The van der Waals surface area contributed by atoms with Crippen molar-refractivity contribution in [2.24, 2.45) is 18.4 Å². The van der Waals surface area contributed by atoms with Gasteiger partial charge in [0.05, 0.1) is 11.6 Å². The first-order valence-corrected chi connectivity index (χ1v) is 4.53. The van der Waals surface area contributed by atoms with Gasteiger partial charge in [0, 0.05) is 19.2 Å². The zero-order valence-electron chi connectivity index (χ0n) is 8.43. The fraction of sp³-hybridized carbons (Fsp3) is 0.667. The van der Waals surface area contributed by atoms with Crippen LogP contribution in [0.5, 0.6) is 0 Å². The first-order chi connectivity index (χ1) is 6.44. The highest BCUT2D eigenvalue weighted by molar-refractivity contribution is 5.77. The summed E-state index contributed by atoms with van der Waals surface area (Å²) >= 11 is 0. The minimum absolute atomic E-state index is 0.00806. The molecule has 14 heavy (non-hydrogen) atoms.